The molecular formula is C34H41F2N5O3. The lowest BCUT2D eigenvalue weighted by Gasteiger charge is -2.51. The molecule has 0 bridgehead atoms. The molecule has 2 N–H and O–H groups in total. The molecule has 3 heterocycles. The fourth-order valence-corrected chi connectivity index (χ4v) is 7.51. The number of amides is 2. The van der Waals surface area contributed by atoms with Gasteiger partial charge in [-0.15, -0.1) is 0 Å². The molecule has 1 aromatic heterocycles. The van der Waals surface area contributed by atoms with Gasteiger partial charge in [-0.05, 0) is 62.6 Å². The van der Waals surface area contributed by atoms with Crippen molar-refractivity contribution in [3.63, 3.8) is 0 Å². The van der Waals surface area contributed by atoms with Crippen LogP contribution < -0.4 is 15.5 Å². The predicted octanol–water partition coefficient (Wildman–Crippen LogP) is 5.30. The van der Waals surface area contributed by atoms with E-state index in [0.717, 1.165) is 43.7 Å². The molecule has 44 heavy (non-hydrogen) atoms. The largest absolute Gasteiger partial charge is 0.496 e. The van der Waals surface area contributed by atoms with E-state index in [1.807, 2.05) is 41.1 Å². The van der Waals surface area contributed by atoms with E-state index in [1.54, 1.807) is 19.4 Å². The first-order valence-corrected chi connectivity index (χ1v) is 15.6. The predicted molar refractivity (Wildman–Crippen MR) is 166 cm³/mol. The Labute approximate surface area is 257 Å². The van der Waals surface area contributed by atoms with Gasteiger partial charge in [0.2, 0.25) is 0 Å². The topological polar surface area (TPSA) is 80.9 Å². The smallest absolute Gasteiger partial charge is 0.320 e. The van der Waals surface area contributed by atoms with Crippen molar-refractivity contribution in [2.24, 2.45) is 0 Å². The molecule has 1 unspecified atom stereocenters. The maximum Gasteiger partial charge on any atom is 0.320 e. The number of hydrogen-bond donors (Lipinski definition) is 2. The number of aromatic amines is 1. The molecule has 8 nitrogen and oxygen atoms in total. The minimum absolute atomic E-state index is 0.0334. The lowest BCUT2D eigenvalue weighted by Crippen LogP contribution is -2.64. The van der Waals surface area contributed by atoms with Crippen LogP contribution in [0.1, 0.15) is 55.7 Å². The van der Waals surface area contributed by atoms with E-state index >= 15 is 0 Å². The monoisotopic (exact) mass is 605 g/mol. The van der Waals surface area contributed by atoms with Gasteiger partial charge < -0.3 is 24.8 Å². The van der Waals surface area contributed by atoms with Crippen LogP contribution in [0.25, 0.3) is 11.3 Å². The number of rotatable bonds is 6. The van der Waals surface area contributed by atoms with Crippen molar-refractivity contribution in [2.45, 2.75) is 62.7 Å². The third-order valence-electron chi connectivity index (χ3n) is 9.88. The Balaban J connectivity index is 1.21. The Bertz CT molecular complexity index is 1540. The van der Waals surface area contributed by atoms with Gasteiger partial charge in [0.1, 0.15) is 17.4 Å². The van der Waals surface area contributed by atoms with E-state index < -0.39 is 17.7 Å². The molecule has 6 rings (SSSR count). The van der Waals surface area contributed by atoms with Crippen LogP contribution >= 0.6 is 0 Å². The van der Waals surface area contributed by atoms with Gasteiger partial charge in [-0.1, -0.05) is 25.0 Å². The second-order valence-corrected chi connectivity index (χ2v) is 12.4. The van der Waals surface area contributed by atoms with Crippen LogP contribution in [-0.4, -0.2) is 77.6 Å². The number of H-pyrrole nitrogens is 1. The summed E-state index contributed by atoms with van der Waals surface area (Å²) < 4.78 is 33.9. The molecule has 0 radical (unpaired) electrons. The fraction of sp³-hybridized carbons (Fsp3) is 0.471. The number of carbonyl (C=O) groups excluding carboxylic acids is 1. The minimum Gasteiger partial charge on any atom is -0.496 e. The molecule has 3 aromatic rings. The van der Waals surface area contributed by atoms with Gasteiger partial charge in [-0.3, -0.25) is 9.69 Å². The summed E-state index contributed by atoms with van der Waals surface area (Å²) in [6.07, 6.45) is 7.21. The Hall–Kier alpha value is -3.76. The van der Waals surface area contributed by atoms with E-state index in [1.165, 1.54) is 12.1 Å². The maximum atomic E-state index is 14.2. The van der Waals surface area contributed by atoms with Gasteiger partial charge in [-0.2, -0.15) is 0 Å². The third-order valence-corrected chi connectivity index (χ3v) is 9.88. The van der Waals surface area contributed by atoms with Crippen molar-refractivity contribution in [2.75, 3.05) is 40.3 Å². The number of urea groups is 1. The number of likely N-dealkylation sites (tertiary alicyclic amines) is 1. The molecule has 10 heteroatoms. The van der Waals surface area contributed by atoms with Crippen molar-refractivity contribution in [1.82, 2.24) is 25.0 Å². The maximum absolute atomic E-state index is 14.2. The standard InChI is InChI=1S/C34H41F2N5O3/c1-37-27-9-12-41(30(18-27)23-15-25(35)17-26(36)16-23)33(43)39-13-14-40(34(22-39)10-5-6-11-34)21-24-20-38-29(19-31(24)42)28-7-3-4-8-32(28)44-2/h3-4,7-8,15-17,19-20,27,30,37H,5-6,9-14,18,21-22H2,1-2H3,(H,38,42)/t27?,30-/m0/s1. The zero-order chi connectivity index (χ0) is 30.8. The zero-order valence-electron chi connectivity index (χ0n) is 25.5. The minimum atomic E-state index is -0.636. The SMILES string of the molecule is CNC1CCN(C(=O)N2CCN(Cc3c[nH]c(-c4ccccc4OC)cc3=O)C3(CCCC3)C2)[C@H](c2cc(F)cc(F)c2)C1. The Morgan fingerprint density at radius 2 is 1.82 bits per heavy atom. The first-order chi connectivity index (χ1) is 21.3. The van der Waals surface area contributed by atoms with Crippen LogP contribution in [0.3, 0.4) is 0 Å². The highest BCUT2D eigenvalue weighted by atomic mass is 19.1. The van der Waals surface area contributed by atoms with Gasteiger partial charge in [0.05, 0.1) is 18.8 Å². The summed E-state index contributed by atoms with van der Waals surface area (Å²) in [6, 6.07) is 12.4. The number of carbonyl (C=O) groups is 1. The average molecular weight is 606 g/mol. The van der Waals surface area contributed by atoms with Crippen LogP contribution in [0.5, 0.6) is 5.75 Å². The Morgan fingerprint density at radius 1 is 1.07 bits per heavy atom. The summed E-state index contributed by atoms with van der Waals surface area (Å²) in [6.45, 7) is 2.75. The number of piperazine rings is 1. The number of ether oxygens (including phenoxy) is 1. The number of methoxy groups -OCH3 is 1. The summed E-state index contributed by atoms with van der Waals surface area (Å²) in [7, 11) is 3.49. The fourth-order valence-electron chi connectivity index (χ4n) is 7.51. The summed E-state index contributed by atoms with van der Waals surface area (Å²) in [4.78, 5) is 36.9. The number of para-hydroxylation sites is 1. The lowest BCUT2D eigenvalue weighted by atomic mass is 9.90. The van der Waals surface area contributed by atoms with Crippen LogP contribution in [0.15, 0.2) is 59.5 Å². The molecule has 3 fully saturated rings. The molecule has 2 atom stereocenters. The van der Waals surface area contributed by atoms with Crippen molar-refractivity contribution in [3.8, 4) is 17.0 Å². The first kappa shape index (κ1) is 30.3. The number of aromatic nitrogens is 1. The van der Waals surface area contributed by atoms with Gasteiger partial charge in [0, 0.05) is 73.8 Å². The highest BCUT2D eigenvalue weighted by Crippen LogP contribution is 2.40. The van der Waals surface area contributed by atoms with Gasteiger partial charge in [0.25, 0.3) is 0 Å². The van der Waals surface area contributed by atoms with E-state index in [-0.39, 0.29) is 23.0 Å². The quantitative estimate of drug-likeness (QED) is 0.399. The highest BCUT2D eigenvalue weighted by molar-refractivity contribution is 5.75. The number of benzene rings is 2. The van der Waals surface area contributed by atoms with Crippen molar-refractivity contribution < 1.29 is 18.3 Å². The van der Waals surface area contributed by atoms with Crippen molar-refractivity contribution in [3.05, 3.63) is 87.7 Å². The molecule has 234 valence electrons. The summed E-state index contributed by atoms with van der Waals surface area (Å²) in [5, 5.41) is 3.28. The van der Waals surface area contributed by atoms with Crippen molar-refractivity contribution >= 4 is 6.03 Å². The van der Waals surface area contributed by atoms with Crippen LogP contribution in [0.4, 0.5) is 13.6 Å². The normalized spacial score (nSPS) is 22.0. The van der Waals surface area contributed by atoms with E-state index in [4.69, 9.17) is 4.74 Å². The first-order valence-electron chi connectivity index (χ1n) is 15.6. The van der Waals surface area contributed by atoms with Gasteiger partial charge >= 0.3 is 6.03 Å². The van der Waals surface area contributed by atoms with E-state index in [9.17, 15) is 18.4 Å². The molecule has 2 saturated heterocycles. The van der Waals surface area contributed by atoms with E-state index in [2.05, 4.69) is 15.2 Å². The number of pyridine rings is 1. The number of hydrogen-bond acceptors (Lipinski definition) is 5. The average Bonchev–Trinajstić information content (AvgIpc) is 3.50. The van der Waals surface area contributed by atoms with Crippen LogP contribution in [0.2, 0.25) is 0 Å². The summed E-state index contributed by atoms with van der Waals surface area (Å²) in [5.74, 6) is -0.576. The van der Waals surface area contributed by atoms with Crippen LogP contribution in [-0.2, 0) is 6.54 Å². The molecule has 2 amide bonds. The molecule has 1 aliphatic carbocycles. The second kappa shape index (κ2) is 12.7. The highest BCUT2D eigenvalue weighted by Gasteiger charge is 2.46. The van der Waals surface area contributed by atoms with Crippen LogP contribution in [0, 0.1) is 11.6 Å². The molecule has 1 saturated carbocycles. The van der Waals surface area contributed by atoms with Gasteiger partial charge in [-0.25, -0.2) is 13.6 Å². The number of piperidine rings is 1. The van der Waals surface area contributed by atoms with Crippen molar-refractivity contribution in [1.29, 1.82) is 0 Å². The summed E-state index contributed by atoms with van der Waals surface area (Å²) >= 11 is 0. The molecule has 1 spiro atoms. The molecule has 3 aliphatic rings. The number of nitrogens with one attached hydrogen (secondary N) is 2. The Kier molecular flexibility index (Phi) is 8.73. The molecule has 2 aliphatic heterocycles. The number of nitrogens with zero attached hydrogens (tertiary/aromatic N) is 3. The molecular weight excluding hydrogens is 564 g/mol. The van der Waals surface area contributed by atoms with Gasteiger partial charge in [0.15, 0.2) is 5.43 Å². The summed E-state index contributed by atoms with van der Waals surface area (Å²) in [5.41, 5.74) is 2.46. The number of halogens is 2. The molecule has 2 aromatic carbocycles. The second-order valence-electron chi connectivity index (χ2n) is 12.4. The third kappa shape index (κ3) is 5.97. The zero-order valence-corrected chi connectivity index (χ0v) is 25.5. The van der Waals surface area contributed by atoms with E-state index in [0.29, 0.717) is 61.7 Å². The Morgan fingerprint density at radius 3 is 2.52 bits per heavy atom. The lowest BCUT2D eigenvalue weighted by molar-refractivity contribution is -0.00225.